The summed E-state index contributed by atoms with van der Waals surface area (Å²) in [5, 5.41) is 0.481. The summed E-state index contributed by atoms with van der Waals surface area (Å²) >= 11 is 6.03. The van der Waals surface area contributed by atoms with Gasteiger partial charge in [0.1, 0.15) is 5.15 Å². The molecule has 0 aromatic carbocycles. The van der Waals surface area contributed by atoms with Crippen LogP contribution in [0.5, 0.6) is 0 Å². The van der Waals surface area contributed by atoms with Gasteiger partial charge in [-0.2, -0.15) is 0 Å². The lowest BCUT2D eigenvalue weighted by atomic mass is 10.1. The van der Waals surface area contributed by atoms with Crippen molar-refractivity contribution in [2.24, 2.45) is 0 Å². The number of hydrogen-bond acceptors (Lipinski definition) is 3. The zero-order valence-corrected chi connectivity index (χ0v) is 10.9. The van der Waals surface area contributed by atoms with Crippen LogP contribution in [0.15, 0.2) is 24.5 Å². The number of pyridine rings is 1. The quantitative estimate of drug-likeness (QED) is 0.761. The van der Waals surface area contributed by atoms with Gasteiger partial charge in [0.2, 0.25) is 0 Å². The maximum Gasteiger partial charge on any atom is 0.161 e. The minimum atomic E-state index is 0.330. The molecule has 0 fully saturated rings. The SMILES string of the molecule is Cc1cnccc1-c1nc(Cl)cc(C(C)C)n1. The lowest BCUT2D eigenvalue weighted by Gasteiger charge is -2.09. The molecule has 3 nitrogen and oxygen atoms in total. The molecule has 0 saturated heterocycles. The van der Waals surface area contributed by atoms with Crippen LogP contribution >= 0.6 is 11.6 Å². The van der Waals surface area contributed by atoms with Crippen LogP contribution in [0.4, 0.5) is 0 Å². The number of rotatable bonds is 2. The van der Waals surface area contributed by atoms with E-state index in [1.54, 1.807) is 12.4 Å². The average molecular weight is 248 g/mol. The van der Waals surface area contributed by atoms with Gasteiger partial charge < -0.3 is 0 Å². The molecule has 0 aliphatic heterocycles. The molecule has 0 saturated carbocycles. The fourth-order valence-corrected chi connectivity index (χ4v) is 1.77. The van der Waals surface area contributed by atoms with Crippen LogP contribution in [0.25, 0.3) is 11.4 Å². The van der Waals surface area contributed by atoms with Gasteiger partial charge >= 0.3 is 0 Å². The van der Waals surface area contributed by atoms with E-state index in [9.17, 15) is 0 Å². The molecule has 0 unspecified atom stereocenters. The van der Waals surface area contributed by atoms with Crippen molar-refractivity contribution in [3.05, 3.63) is 40.9 Å². The fourth-order valence-electron chi connectivity index (χ4n) is 1.58. The molecule has 2 aromatic rings. The summed E-state index contributed by atoms with van der Waals surface area (Å²) in [6, 6.07) is 3.72. The van der Waals surface area contributed by atoms with Crippen molar-refractivity contribution in [3.63, 3.8) is 0 Å². The van der Waals surface area contributed by atoms with Gasteiger partial charge in [-0.3, -0.25) is 4.98 Å². The molecule has 0 aliphatic carbocycles. The Kier molecular flexibility index (Phi) is 3.38. The zero-order chi connectivity index (χ0) is 12.4. The van der Waals surface area contributed by atoms with Crippen LogP contribution in [0.1, 0.15) is 31.0 Å². The zero-order valence-electron chi connectivity index (χ0n) is 10.1. The Morgan fingerprint density at radius 3 is 2.65 bits per heavy atom. The molecule has 0 spiro atoms. The summed E-state index contributed by atoms with van der Waals surface area (Å²) in [6.07, 6.45) is 3.54. The van der Waals surface area contributed by atoms with Gasteiger partial charge in [0.25, 0.3) is 0 Å². The third kappa shape index (κ3) is 2.61. The van der Waals surface area contributed by atoms with Crippen molar-refractivity contribution < 1.29 is 0 Å². The summed E-state index contributed by atoms with van der Waals surface area (Å²) in [7, 11) is 0. The standard InChI is InChI=1S/C13H14ClN3/c1-8(2)11-6-12(14)17-13(16-11)10-4-5-15-7-9(10)3/h4-8H,1-3H3. The van der Waals surface area contributed by atoms with E-state index in [2.05, 4.69) is 28.8 Å². The molecule has 0 amide bonds. The number of aryl methyl sites for hydroxylation is 1. The van der Waals surface area contributed by atoms with E-state index in [4.69, 9.17) is 11.6 Å². The highest BCUT2D eigenvalue weighted by atomic mass is 35.5. The average Bonchev–Trinajstić information content (AvgIpc) is 2.28. The third-order valence-electron chi connectivity index (χ3n) is 2.57. The molecule has 88 valence electrons. The Bertz CT molecular complexity index is 538. The van der Waals surface area contributed by atoms with E-state index in [0.29, 0.717) is 16.9 Å². The van der Waals surface area contributed by atoms with Crippen molar-refractivity contribution in [2.75, 3.05) is 0 Å². The van der Waals surface area contributed by atoms with Crippen LogP contribution in [0.2, 0.25) is 5.15 Å². The second-order valence-electron chi connectivity index (χ2n) is 4.28. The molecule has 0 N–H and O–H groups in total. The molecule has 0 bridgehead atoms. The minimum absolute atomic E-state index is 0.330. The monoisotopic (exact) mass is 247 g/mol. The molecule has 2 heterocycles. The Balaban J connectivity index is 2.56. The van der Waals surface area contributed by atoms with Crippen molar-refractivity contribution in [3.8, 4) is 11.4 Å². The van der Waals surface area contributed by atoms with E-state index in [0.717, 1.165) is 16.8 Å². The summed E-state index contributed by atoms with van der Waals surface area (Å²) in [4.78, 5) is 12.9. The summed E-state index contributed by atoms with van der Waals surface area (Å²) < 4.78 is 0. The van der Waals surface area contributed by atoms with E-state index in [1.165, 1.54) is 0 Å². The first kappa shape index (κ1) is 12.0. The molecule has 17 heavy (non-hydrogen) atoms. The molecule has 2 aromatic heterocycles. The highest BCUT2D eigenvalue weighted by Gasteiger charge is 2.10. The highest BCUT2D eigenvalue weighted by Crippen LogP contribution is 2.23. The van der Waals surface area contributed by atoms with E-state index >= 15 is 0 Å². The van der Waals surface area contributed by atoms with E-state index in [-0.39, 0.29) is 0 Å². The fraction of sp³-hybridized carbons (Fsp3) is 0.308. The molecule has 0 aliphatic rings. The normalized spacial score (nSPS) is 10.9. The van der Waals surface area contributed by atoms with Gasteiger partial charge in [-0.15, -0.1) is 0 Å². The van der Waals surface area contributed by atoms with Crippen molar-refractivity contribution in [1.29, 1.82) is 0 Å². The predicted molar refractivity (Wildman–Crippen MR) is 69.1 cm³/mol. The van der Waals surface area contributed by atoms with Crippen molar-refractivity contribution in [2.45, 2.75) is 26.7 Å². The predicted octanol–water partition coefficient (Wildman–Crippen LogP) is 3.62. The molecule has 0 radical (unpaired) electrons. The number of nitrogens with zero attached hydrogens (tertiary/aromatic N) is 3. The van der Waals surface area contributed by atoms with Crippen LogP contribution in [0, 0.1) is 6.92 Å². The highest BCUT2D eigenvalue weighted by molar-refractivity contribution is 6.29. The molecule has 2 rings (SSSR count). The largest absolute Gasteiger partial charge is 0.264 e. The maximum atomic E-state index is 6.03. The second kappa shape index (κ2) is 4.80. The number of halogens is 1. The number of aromatic nitrogens is 3. The first-order valence-electron chi connectivity index (χ1n) is 5.53. The summed E-state index contributed by atoms with van der Waals surface area (Å²) in [5.74, 6) is 0.998. The molecular weight excluding hydrogens is 234 g/mol. The topological polar surface area (TPSA) is 38.7 Å². The van der Waals surface area contributed by atoms with Crippen LogP contribution in [-0.2, 0) is 0 Å². The van der Waals surface area contributed by atoms with Gasteiger partial charge in [-0.05, 0) is 30.5 Å². The first-order valence-corrected chi connectivity index (χ1v) is 5.91. The van der Waals surface area contributed by atoms with E-state index in [1.807, 2.05) is 19.1 Å². The smallest absolute Gasteiger partial charge is 0.161 e. The summed E-state index contributed by atoms with van der Waals surface area (Å²) in [6.45, 7) is 6.16. The van der Waals surface area contributed by atoms with Crippen molar-refractivity contribution in [1.82, 2.24) is 15.0 Å². The second-order valence-corrected chi connectivity index (χ2v) is 4.67. The summed E-state index contributed by atoms with van der Waals surface area (Å²) in [5.41, 5.74) is 2.98. The van der Waals surface area contributed by atoms with Crippen molar-refractivity contribution >= 4 is 11.6 Å². The molecule has 0 atom stereocenters. The van der Waals surface area contributed by atoms with Crippen LogP contribution in [0.3, 0.4) is 0 Å². The van der Waals surface area contributed by atoms with Gasteiger partial charge in [-0.1, -0.05) is 25.4 Å². The van der Waals surface area contributed by atoms with Crippen LogP contribution < -0.4 is 0 Å². The van der Waals surface area contributed by atoms with Crippen LogP contribution in [-0.4, -0.2) is 15.0 Å². The maximum absolute atomic E-state index is 6.03. The lowest BCUT2D eigenvalue weighted by molar-refractivity contribution is 0.816. The Morgan fingerprint density at radius 1 is 1.24 bits per heavy atom. The third-order valence-corrected chi connectivity index (χ3v) is 2.76. The molecule has 4 heteroatoms. The van der Waals surface area contributed by atoms with Gasteiger partial charge in [0, 0.05) is 23.7 Å². The Morgan fingerprint density at radius 2 is 2.00 bits per heavy atom. The Hall–Kier alpha value is -1.48. The first-order chi connectivity index (χ1) is 8.08. The minimum Gasteiger partial charge on any atom is -0.264 e. The van der Waals surface area contributed by atoms with Gasteiger partial charge in [-0.25, -0.2) is 9.97 Å². The van der Waals surface area contributed by atoms with Gasteiger partial charge in [0.05, 0.1) is 0 Å². The lowest BCUT2D eigenvalue weighted by Crippen LogP contribution is -1.99. The van der Waals surface area contributed by atoms with Gasteiger partial charge in [0.15, 0.2) is 5.82 Å². The molecular formula is C13H14ClN3. The van der Waals surface area contributed by atoms with E-state index < -0.39 is 0 Å². The Labute approximate surface area is 106 Å². The number of hydrogen-bond donors (Lipinski definition) is 0.